The summed E-state index contributed by atoms with van der Waals surface area (Å²) in [6.07, 6.45) is 0. The minimum absolute atomic E-state index is 0.241. The zero-order chi connectivity index (χ0) is 5.98. The van der Waals surface area contributed by atoms with Crippen LogP contribution >= 0.6 is 0 Å². The summed E-state index contributed by atoms with van der Waals surface area (Å²) in [5, 5.41) is 0. The van der Waals surface area contributed by atoms with Crippen molar-refractivity contribution < 1.29 is 14.6 Å². The highest BCUT2D eigenvalue weighted by Gasteiger charge is 2.21. The van der Waals surface area contributed by atoms with Gasteiger partial charge < -0.3 is 5.73 Å². The number of amides is 1. The van der Waals surface area contributed by atoms with Gasteiger partial charge in [0.2, 0.25) is 5.91 Å². The minimum Gasteiger partial charge on any atom is -0.369 e. The third kappa shape index (κ3) is 0.962. The van der Waals surface area contributed by atoms with Crippen molar-refractivity contribution in [3.63, 3.8) is 0 Å². The second-order valence-corrected chi connectivity index (χ2v) is 1.67. The van der Waals surface area contributed by atoms with Crippen LogP contribution in [0.3, 0.4) is 0 Å². The Labute approximate surface area is 46.5 Å². The second-order valence-electron chi connectivity index (χ2n) is 1.67. The number of rotatable bonds is 1. The molecule has 0 aromatic carbocycles. The third-order valence-electron chi connectivity index (χ3n) is 1.02. The predicted molar refractivity (Wildman–Crippen MR) is 24.6 cm³/mol. The van der Waals surface area contributed by atoms with E-state index in [4.69, 9.17) is 5.73 Å². The fourth-order valence-electron chi connectivity index (χ4n) is 0.473. The summed E-state index contributed by atoms with van der Waals surface area (Å²) in [6, 6.07) is 0. The fraction of sp³-hybridized carbons (Fsp3) is 0.750. The van der Waals surface area contributed by atoms with Crippen molar-refractivity contribution in [3.05, 3.63) is 0 Å². The van der Waals surface area contributed by atoms with E-state index in [1.54, 1.807) is 0 Å². The largest absolute Gasteiger partial charge is 0.369 e. The first-order valence-electron chi connectivity index (χ1n) is 2.34. The molecule has 0 aromatic heterocycles. The number of nitrogens with two attached hydrogens (primary N) is 1. The third-order valence-corrected chi connectivity index (χ3v) is 1.02. The van der Waals surface area contributed by atoms with Gasteiger partial charge >= 0.3 is 0 Å². The van der Waals surface area contributed by atoms with Gasteiger partial charge in [-0.2, -0.15) is 0 Å². The van der Waals surface area contributed by atoms with Crippen LogP contribution in [-0.4, -0.2) is 19.1 Å². The van der Waals surface area contributed by atoms with Gasteiger partial charge in [-0.15, -0.1) is 0 Å². The van der Waals surface area contributed by atoms with Crippen molar-refractivity contribution in [1.29, 1.82) is 0 Å². The Hall–Kier alpha value is -0.610. The number of primary amides is 1. The topological polar surface area (TPSA) is 61.6 Å². The lowest BCUT2D eigenvalue weighted by molar-refractivity contribution is -0.248. The molecule has 0 aliphatic carbocycles. The maximum Gasteiger partial charge on any atom is 0.225 e. The van der Waals surface area contributed by atoms with Crippen LogP contribution < -0.4 is 5.73 Å². The van der Waals surface area contributed by atoms with E-state index < -0.39 is 0 Å². The SMILES string of the molecule is NC(=O)C1COOC1. The Bertz CT molecular complexity index is 97.5. The van der Waals surface area contributed by atoms with E-state index >= 15 is 0 Å². The first-order chi connectivity index (χ1) is 3.80. The number of carbonyl (C=O) groups excluding carboxylic acids is 1. The van der Waals surface area contributed by atoms with Gasteiger partial charge in [0.15, 0.2) is 0 Å². The molecule has 1 amide bonds. The van der Waals surface area contributed by atoms with Crippen molar-refractivity contribution >= 4 is 5.91 Å². The van der Waals surface area contributed by atoms with E-state index in [1.165, 1.54) is 0 Å². The quantitative estimate of drug-likeness (QED) is 0.450. The lowest BCUT2D eigenvalue weighted by Gasteiger charge is -1.93. The molecule has 0 bridgehead atoms. The van der Waals surface area contributed by atoms with Crippen LogP contribution in [0.2, 0.25) is 0 Å². The lowest BCUT2D eigenvalue weighted by atomic mass is 10.2. The van der Waals surface area contributed by atoms with Crippen molar-refractivity contribution in [1.82, 2.24) is 0 Å². The predicted octanol–water partition coefficient (Wildman–Crippen LogP) is -0.950. The maximum atomic E-state index is 10.3. The molecule has 1 rings (SSSR count). The molecule has 0 spiro atoms. The van der Waals surface area contributed by atoms with Gasteiger partial charge in [0.1, 0.15) is 0 Å². The first kappa shape index (κ1) is 5.53. The standard InChI is InChI=1S/C4H7NO3/c5-4(6)3-1-7-8-2-3/h3H,1-2H2,(H2,5,6). The van der Waals surface area contributed by atoms with Gasteiger partial charge in [-0.3, -0.25) is 4.79 Å². The summed E-state index contributed by atoms with van der Waals surface area (Å²) < 4.78 is 0. The zero-order valence-corrected chi connectivity index (χ0v) is 4.29. The normalized spacial score (nSPS) is 21.5. The van der Waals surface area contributed by atoms with Crippen LogP contribution in [0.4, 0.5) is 0 Å². The van der Waals surface area contributed by atoms with Crippen LogP contribution in [0.25, 0.3) is 0 Å². The zero-order valence-electron chi connectivity index (χ0n) is 4.29. The molecular weight excluding hydrogens is 110 g/mol. The highest BCUT2D eigenvalue weighted by atomic mass is 17.2. The summed E-state index contributed by atoms with van der Waals surface area (Å²) in [6.45, 7) is 0.602. The van der Waals surface area contributed by atoms with Crippen molar-refractivity contribution in [2.45, 2.75) is 0 Å². The van der Waals surface area contributed by atoms with E-state index in [0.717, 1.165) is 0 Å². The van der Waals surface area contributed by atoms with Crippen LogP contribution in [0.15, 0.2) is 0 Å². The number of hydrogen-bond acceptors (Lipinski definition) is 3. The summed E-state index contributed by atoms with van der Waals surface area (Å²) >= 11 is 0. The monoisotopic (exact) mass is 117 g/mol. The Balaban J connectivity index is 2.35. The molecule has 0 atom stereocenters. The molecule has 0 aromatic rings. The van der Waals surface area contributed by atoms with Gasteiger partial charge in [0.25, 0.3) is 0 Å². The average Bonchev–Trinajstić information content (AvgIpc) is 2.12. The molecule has 1 saturated heterocycles. The van der Waals surface area contributed by atoms with Gasteiger partial charge in [0, 0.05) is 0 Å². The molecule has 1 heterocycles. The van der Waals surface area contributed by atoms with Crippen molar-refractivity contribution in [3.8, 4) is 0 Å². The molecule has 46 valence electrons. The Morgan fingerprint density at radius 2 is 2.00 bits per heavy atom. The molecule has 1 aliphatic heterocycles. The summed E-state index contributed by atoms with van der Waals surface area (Å²) in [5.74, 6) is -0.600. The van der Waals surface area contributed by atoms with E-state index in [0.29, 0.717) is 13.2 Å². The van der Waals surface area contributed by atoms with Crippen LogP contribution in [-0.2, 0) is 14.6 Å². The second kappa shape index (κ2) is 2.11. The molecule has 4 nitrogen and oxygen atoms in total. The van der Waals surface area contributed by atoms with E-state index in [2.05, 4.69) is 9.78 Å². The highest BCUT2D eigenvalue weighted by Crippen LogP contribution is 2.05. The maximum absolute atomic E-state index is 10.3. The molecular formula is C4H7NO3. The molecule has 8 heavy (non-hydrogen) atoms. The van der Waals surface area contributed by atoms with Crippen molar-refractivity contribution in [2.24, 2.45) is 11.7 Å². The molecule has 1 fully saturated rings. The molecule has 0 radical (unpaired) electrons. The van der Waals surface area contributed by atoms with E-state index in [9.17, 15) is 4.79 Å². The average molecular weight is 117 g/mol. The molecule has 4 heteroatoms. The van der Waals surface area contributed by atoms with Crippen molar-refractivity contribution in [2.75, 3.05) is 13.2 Å². The van der Waals surface area contributed by atoms with Gasteiger partial charge in [-0.25, -0.2) is 9.78 Å². The van der Waals surface area contributed by atoms with E-state index in [-0.39, 0.29) is 11.8 Å². The van der Waals surface area contributed by atoms with Crippen LogP contribution in [0.5, 0.6) is 0 Å². The molecule has 0 saturated carbocycles. The fourth-order valence-corrected chi connectivity index (χ4v) is 0.473. The number of hydrogen-bond donors (Lipinski definition) is 1. The molecule has 2 N–H and O–H groups in total. The summed E-state index contributed by atoms with van der Waals surface area (Å²) in [5.41, 5.74) is 4.90. The lowest BCUT2D eigenvalue weighted by Crippen LogP contribution is -2.25. The molecule has 0 unspecified atom stereocenters. The van der Waals surface area contributed by atoms with Crippen LogP contribution in [0, 0.1) is 5.92 Å². The Morgan fingerprint density at radius 3 is 2.25 bits per heavy atom. The van der Waals surface area contributed by atoms with Gasteiger partial charge in [-0.05, 0) is 0 Å². The molecule has 1 aliphatic rings. The Kier molecular flexibility index (Phi) is 1.45. The van der Waals surface area contributed by atoms with Gasteiger partial charge in [-0.1, -0.05) is 0 Å². The van der Waals surface area contributed by atoms with Crippen LogP contribution in [0.1, 0.15) is 0 Å². The summed E-state index contributed by atoms with van der Waals surface area (Å²) in [7, 11) is 0. The Morgan fingerprint density at radius 1 is 1.50 bits per heavy atom. The smallest absolute Gasteiger partial charge is 0.225 e. The van der Waals surface area contributed by atoms with E-state index in [1.807, 2.05) is 0 Å². The summed E-state index contributed by atoms with van der Waals surface area (Å²) in [4.78, 5) is 19.1. The minimum atomic E-state index is -0.359. The van der Waals surface area contributed by atoms with Gasteiger partial charge in [0.05, 0.1) is 19.1 Å². The highest BCUT2D eigenvalue weighted by molar-refractivity contribution is 5.77. The number of carbonyl (C=O) groups is 1. The first-order valence-corrected chi connectivity index (χ1v) is 2.34.